The highest BCUT2D eigenvalue weighted by molar-refractivity contribution is 6.54. The van der Waals surface area contributed by atoms with Gasteiger partial charge in [-0.25, -0.2) is 9.69 Å². The van der Waals surface area contributed by atoms with Crippen molar-refractivity contribution in [2.24, 2.45) is 0 Å². The summed E-state index contributed by atoms with van der Waals surface area (Å²) in [5.41, 5.74) is 0.671. The molecular weight excluding hydrogens is 510 g/mol. The van der Waals surface area contributed by atoms with Gasteiger partial charge in [-0.15, -0.1) is 0 Å². The first-order chi connectivity index (χ1) is 15.7. The van der Waals surface area contributed by atoms with Crippen molar-refractivity contribution >= 4 is 75.6 Å². The first-order valence-electron chi connectivity index (χ1n) is 9.33. The van der Waals surface area contributed by atoms with E-state index in [0.29, 0.717) is 21.5 Å². The maximum Gasteiger partial charge on any atom is 0.343 e. The lowest BCUT2D eigenvalue weighted by molar-refractivity contribution is -0.120. The first kappa shape index (κ1) is 23.1. The molecule has 2 amide bonds. The summed E-state index contributed by atoms with van der Waals surface area (Å²) in [7, 11) is 0. The van der Waals surface area contributed by atoms with Gasteiger partial charge >= 0.3 is 5.97 Å². The van der Waals surface area contributed by atoms with Crippen LogP contribution in [-0.2, 0) is 9.59 Å². The maximum atomic E-state index is 12.9. The lowest BCUT2D eigenvalue weighted by atomic mass is 10.2. The van der Waals surface area contributed by atoms with Gasteiger partial charge in [0.15, 0.2) is 0 Å². The predicted octanol–water partition coefficient (Wildman–Crippen LogP) is 6.30. The molecule has 1 heterocycles. The molecule has 10 heteroatoms. The van der Waals surface area contributed by atoms with E-state index in [4.69, 9.17) is 51.1 Å². The van der Waals surface area contributed by atoms with E-state index in [1.165, 1.54) is 36.4 Å². The number of esters is 1. The van der Waals surface area contributed by atoms with Crippen LogP contribution in [0.1, 0.15) is 10.4 Å². The van der Waals surface area contributed by atoms with Gasteiger partial charge in [-0.2, -0.15) is 0 Å². The quantitative estimate of drug-likeness (QED) is 0.242. The van der Waals surface area contributed by atoms with Crippen LogP contribution in [0.25, 0.3) is 0 Å². The number of nitrogens with one attached hydrogen (secondary N) is 1. The van der Waals surface area contributed by atoms with Gasteiger partial charge in [-0.1, -0.05) is 52.5 Å². The number of amides is 2. The molecule has 0 aromatic heterocycles. The molecule has 6 nitrogen and oxygen atoms in total. The van der Waals surface area contributed by atoms with Crippen molar-refractivity contribution in [3.63, 3.8) is 0 Å². The fraction of sp³-hybridized carbons (Fsp3) is 0. The predicted molar refractivity (Wildman–Crippen MR) is 128 cm³/mol. The number of imide groups is 1. The lowest BCUT2D eigenvalue weighted by Gasteiger charge is -2.17. The summed E-state index contributed by atoms with van der Waals surface area (Å²) in [6.45, 7) is 0. The van der Waals surface area contributed by atoms with E-state index in [2.05, 4.69) is 5.32 Å². The van der Waals surface area contributed by atoms with E-state index >= 15 is 0 Å². The lowest BCUT2D eigenvalue weighted by Crippen LogP contribution is -2.32. The molecule has 1 aliphatic heterocycles. The molecule has 0 saturated carbocycles. The van der Waals surface area contributed by atoms with Gasteiger partial charge in [-0.3, -0.25) is 9.59 Å². The molecule has 0 fully saturated rings. The van der Waals surface area contributed by atoms with E-state index in [1.54, 1.807) is 30.3 Å². The Hall–Kier alpha value is -3.03. The summed E-state index contributed by atoms with van der Waals surface area (Å²) in [5, 5.41) is 3.41. The van der Waals surface area contributed by atoms with E-state index in [1.807, 2.05) is 0 Å². The number of anilines is 2. The van der Waals surface area contributed by atoms with Crippen molar-refractivity contribution in [3.8, 4) is 5.75 Å². The van der Waals surface area contributed by atoms with Crippen LogP contribution < -0.4 is 15.0 Å². The van der Waals surface area contributed by atoms with E-state index in [-0.39, 0.29) is 27.0 Å². The zero-order valence-corrected chi connectivity index (χ0v) is 19.5. The van der Waals surface area contributed by atoms with Crippen LogP contribution in [-0.4, -0.2) is 17.8 Å². The third kappa shape index (κ3) is 4.84. The van der Waals surface area contributed by atoms with Gasteiger partial charge in [0.2, 0.25) is 0 Å². The number of nitrogens with zero attached hydrogens (tertiary/aromatic N) is 1. The zero-order chi connectivity index (χ0) is 23.7. The average Bonchev–Trinajstić information content (AvgIpc) is 2.99. The van der Waals surface area contributed by atoms with Crippen LogP contribution in [0.15, 0.2) is 77.5 Å². The minimum Gasteiger partial charge on any atom is -0.423 e. The molecule has 0 spiro atoms. The number of ether oxygens (including phenoxy) is 1. The monoisotopic (exact) mass is 520 g/mol. The van der Waals surface area contributed by atoms with Crippen LogP contribution in [0.4, 0.5) is 11.4 Å². The van der Waals surface area contributed by atoms with Gasteiger partial charge in [0.05, 0.1) is 16.3 Å². The molecule has 1 aliphatic rings. The van der Waals surface area contributed by atoms with Crippen LogP contribution in [0.2, 0.25) is 15.1 Å². The number of carbonyl (C=O) groups is 3. The summed E-state index contributed by atoms with van der Waals surface area (Å²) < 4.78 is 5.28. The Balaban J connectivity index is 1.50. The van der Waals surface area contributed by atoms with Crippen molar-refractivity contribution in [1.82, 2.24) is 0 Å². The van der Waals surface area contributed by atoms with Crippen LogP contribution in [0.3, 0.4) is 0 Å². The van der Waals surface area contributed by atoms with Crippen LogP contribution in [0.5, 0.6) is 5.75 Å². The summed E-state index contributed by atoms with van der Waals surface area (Å²) in [6, 6.07) is 16.9. The van der Waals surface area contributed by atoms with Crippen molar-refractivity contribution in [2.75, 3.05) is 10.2 Å². The number of rotatable bonds is 5. The Morgan fingerprint density at radius 2 is 1.52 bits per heavy atom. The smallest absolute Gasteiger partial charge is 0.343 e. The van der Waals surface area contributed by atoms with Gasteiger partial charge in [0, 0.05) is 15.7 Å². The topological polar surface area (TPSA) is 75.7 Å². The Kier molecular flexibility index (Phi) is 6.63. The number of halogens is 4. The molecule has 0 aliphatic carbocycles. The van der Waals surface area contributed by atoms with E-state index in [0.717, 1.165) is 4.90 Å². The van der Waals surface area contributed by atoms with Crippen molar-refractivity contribution in [2.45, 2.75) is 0 Å². The first-order valence-corrected chi connectivity index (χ1v) is 10.8. The minimum absolute atomic E-state index is 0.119. The largest absolute Gasteiger partial charge is 0.423 e. The van der Waals surface area contributed by atoms with Crippen molar-refractivity contribution in [3.05, 3.63) is 98.1 Å². The summed E-state index contributed by atoms with van der Waals surface area (Å²) in [5.74, 6) is -1.72. The average molecular weight is 522 g/mol. The summed E-state index contributed by atoms with van der Waals surface area (Å²) >= 11 is 24.1. The second-order valence-corrected chi connectivity index (χ2v) is 8.44. The summed E-state index contributed by atoms with van der Waals surface area (Å²) in [4.78, 5) is 38.7. The fourth-order valence-corrected chi connectivity index (χ4v) is 3.78. The Morgan fingerprint density at radius 3 is 2.21 bits per heavy atom. The molecule has 0 saturated heterocycles. The molecule has 0 bridgehead atoms. The third-order valence-electron chi connectivity index (χ3n) is 4.57. The van der Waals surface area contributed by atoms with Crippen LogP contribution in [0, 0.1) is 0 Å². The Bertz CT molecular complexity index is 1320. The van der Waals surface area contributed by atoms with Gasteiger partial charge in [0.1, 0.15) is 16.5 Å². The zero-order valence-electron chi connectivity index (χ0n) is 16.4. The highest BCUT2D eigenvalue weighted by Gasteiger charge is 2.40. The molecular formula is C23H12Cl4N2O4. The minimum atomic E-state index is -0.741. The van der Waals surface area contributed by atoms with Crippen LogP contribution >= 0.6 is 46.4 Å². The molecule has 33 heavy (non-hydrogen) atoms. The molecule has 166 valence electrons. The highest BCUT2D eigenvalue weighted by Crippen LogP contribution is 2.35. The number of benzene rings is 3. The molecule has 0 atom stereocenters. The maximum absolute atomic E-state index is 12.9. The molecule has 0 radical (unpaired) electrons. The molecule has 4 rings (SSSR count). The van der Waals surface area contributed by atoms with Gasteiger partial charge in [0.25, 0.3) is 11.8 Å². The van der Waals surface area contributed by atoms with E-state index < -0.39 is 17.8 Å². The third-order valence-corrected chi connectivity index (χ3v) is 5.71. The fourth-order valence-electron chi connectivity index (χ4n) is 3.02. The van der Waals surface area contributed by atoms with Gasteiger partial charge in [-0.05, 0) is 60.7 Å². The number of hydrogen-bond donors (Lipinski definition) is 1. The van der Waals surface area contributed by atoms with Crippen molar-refractivity contribution < 1.29 is 19.1 Å². The second-order valence-electron chi connectivity index (χ2n) is 6.78. The van der Waals surface area contributed by atoms with E-state index in [9.17, 15) is 14.4 Å². The number of carbonyl (C=O) groups excluding carboxylic acids is 3. The molecule has 1 N–H and O–H groups in total. The summed E-state index contributed by atoms with van der Waals surface area (Å²) in [6.07, 6.45) is 0. The SMILES string of the molecule is O=C(Oc1cccc(Cl)c1)c1ccc(NC2=C(Cl)C(=O)N(c3cc(Cl)ccc3Cl)C2=O)cc1. The normalized spacial score (nSPS) is 13.5. The Morgan fingerprint density at radius 1 is 0.818 bits per heavy atom. The molecule has 0 unspecified atom stereocenters. The molecule has 3 aromatic carbocycles. The Labute approximate surface area is 208 Å². The van der Waals surface area contributed by atoms with Gasteiger partial charge < -0.3 is 10.1 Å². The highest BCUT2D eigenvalue weighted by atomic mass is 35.5. The molecule has 3 aromatic rings. The number of hydrogen-bond acceptors (Lipinski definition) is 5. The standard InChI is InChI=1S/C23H12Cl4N2O4/c24-13-2-1-3-16(10-13)33-23(32)12-4-7-15(8-5-12)28-20-19(27)21(30)29(22(20)31)18-11-14(25)6-9-17(18)26/h1-11,28H. The van der Waals surface area contributed by atoms with Crippen molar-refractivity contribution in [1.29, 1.82) is 0 Å². The second kappa shape index (κ2) is 9.45.